The van der Waals surface area contributed by atoms with Crippen LogP contribution in [0.15, 0.2) is 24.3 Å². The molecule has 1 aliphatic carbocycles. The molecule has 1 saturated carbocycles. The molecule has 0 spiro atoms. The van der Waals surface area contributed by atoms with E-state index in [0.29, 0.717) is 17.9 Å². The first-order valence-corrected chi connectivity index (χ1v) is 7.04. The van der Waals surface area contributed by atoms with Crippen LogP contribution in [-0.2, 0) is 0 Å². The topological polar surface area (TPSA) is 37.3 Å². The second-order valence-corrected chi connectivity index (χ2v) is 5.25. The van der Waals surface area contributed by atoms with E-state index in [1.807, 2.05) is 19.1 Å². The largest absolute Gasteiger partial charge is 0.385 e. The summed E-state index contributed by atoms with van der Waals surface area (Å²) in [5, 5.41) is 9.55. The molecule has 0 radical (unpaired) electrons. The maximum Gasteiger partial charge on any atom is 0.191 e. The van der Waals surface area contributed by atoms with Crippen molar-refractivity contribution in [3.05, 3.63) is 35.4 Å². The highest BCUT2D eigenvalue weighted by Crippen LogP contribution is 2.32. The predicted molar refractivity (Wildman–Crippen MR) is 72.9 cm³/mol. The van der Waals surface area contributed by atoms with Crippen LogP contribution in [0.3, 0.4) is 0 Å². The van der Waals surface area contributed by atoms with Gasteiger partial charge in [0, 0.05) is 5.56 Å². The minimum absolute atomic E-state index is 0.160. The Morgan fingerprint density at radius 2 is 1.83 bits per heavy atom. The Balaban J connectivity index is 2.07. The predicted octanol–water partition coefficient (Wildman–Crippen LogP) is 3.69. The molecule has 0 aromatic heterocycles. The average Bonchev–Trinajstić information content (AvgIpc) is 2.47. The van der Waals surface area contributed by atoms with Gasteiger partial charge in [-0.3, -0.25) is 4.79 Å². The Bertz CT molecular complexity index is 388. The fraction of sp³-hybridized carbons (Fsp3) is 0.562. The third-order valence-electron chi connectivity index (χ3n) is 3.96. The number of carbonyl (C=O) groups excluding carboxylic acids is 1. The third-order valence-corrected chi connectivity index (χ3v) is 3.96. The van der Waals surface area contributed by atoms with Crippen molar-refractivity contribution in [2.75, 3.05) is 0 Å². The number of carbonyl (C=O) groups is 1. The number of hydrogen-bond acceptors (Lipinski definition) is 2. The smallest absolute Gasteiger partial charge is 0.191 e. The average molecular weight is 246 g/mol. The van der Waals surface area contributed by atoms with Crippen LogP contribution in [0.4, 0.5) is 0 Å². The molecule has 2 rings (SSSR count). The van der Waals surface area contributed by atoms with Crippen LogP contribution in [0.25, 0.3) is 0 Å². The number of aliphatic hydroxyl groups excluding tert-OH is 1. The van der Waals surface area contributed by atoms with Crippen molar-refractivity contribution < 1.29 is 9.90 Å². The van der Waals surface area contributed by atoms with E-state index in [1.54, 1.807) is 0 Å². The van der Waals surface area contributed by atoms with Crippen molar-refractivity contribution in [3.63, 3.8) is 0 Å². The lowest BCUT2D eigenvalue weighted by Gasteiger charge is -2.22. The van der Waals surface area contributed by atoms with Gasteiger partial charge in [0.05, 0.1) is 0 Å². The highest BCUT2D eigenvalue weighted by molar-refractivity contribution is 5.99. The standard InChI is InChI=1S/C16H22O2/c1-2-15(17)16(18)14-10-8-13(9-11-14)12-6-4-3-5-7-12/h8-12,15,17H,2-7H2,1H3. The molecule has 2 nitrogen and oxygen atoms in total. The maximum absolute atomic E-state index is 11.8. The van der Waals surface area contributed by atoms with Crippen molar-refractivity contribution in [1.82, 2.24) is 0 Å². The SMILES string of the molecule is CCC(O)C(=O)c1ccc(C2CCCCC2)cc1. The van der Waals surface area contributed by atoms with Crippen LogP contribution in [0.2, 0.25) is 0 Å². The Kier molecular flexibility index (Phi) is 4.54. The number of Topliss-reactive ketones (excluding diaryl/α,β-unsaturated/α-hetero) is 1. The van der Waals surface area contributed by atoms with Gasteiger partial charge in [0.1, 0.15) is 6.10 Å². The van der Waals surface area contributed by atoms with Gasteiger partial charge in [-0.2, -0.15) is 0 Å². The van der Waals surface area contributed by atoms with Crippen molar-refractivity contribution >= 4 is 5.78 Å². The van der Waals surface area contributed by atoms with Crippen molar-refractivity contribution in [1.29, 1.82) is 0 Å². The number of rotatable bonds is 4. The highest BCUT2D eigenvalue weighted by Gasteiger charge is 2.18. The van der Waals surface area contributed by atoms with Gasteiger partial charge in [-0.05, 0) is 30.7 Å². The molecule has 1 N–H and O–H groups in total. The van der Waals surface area contributed by atoms with E-state index in [-0.39, 0.29) is 5.78 Å². The van der Waals surface area contributed by atoms with Crippen LogP contribution in [-0.4, -0.2) is 17.0 Å². The van der Waals surface area contributed by atoms with Crippen molar-refractivity contribution in [3.8, 4) is 0 Å². The quantitative estimate of drug-likeness (QED) is 0.823. The van der Waals surface area contributed by atoms with Gasteiger partial charge in [-0.15, -0.1) is 0 Å². The molecule has 0 saturated heterocycles. The second-order valence-electron chi connectivity index (χ2n) is 5.25. The summed E-state index contributed by atoms with van der Waals surface area (Å²) >= 11 is 0. The molecular formula is C16H22O2. The molecule has 1 aromatic carbocycles. The van der Waals surface area contributed by atoms with Gasteiger partial charge >= 0.3 is 0 Å². The molecule has 1 fully saturated rings. The summed E-state index contributed by atoms with van der Waals surface area (Å²) in [7, 11) is 0. The summed E-state index contributed by atoms with van der Waals surface area (Å²) in [5.74, 6) is 0.506. The molecule has 1 aliphatic rings. The lowest BCUT2D eigenvalue weighted by atomic mass is 9.84. The summed E-state index contributed by atoms with van der Waals surface area (Å²) in [6, 6.07) is 7.85. The molecule has 98 valence electrons. The van der Waals surface area contributed by atoms with E-state index in [0.717, 1.165) is 0 Å². The van der Waals surface area contributed by atoms with Gasteiger partial charge in [-0.1, -0.05) is 50.5 Å². The Morgan fingerprint density at radius 3 is 2.39 bits per heavy atom. The van der Waals surface area contributed by atoms with Gasteiger partial charge in [0.2, 0.25) is 0 Å². The summed E-state index contributed by atoms with van der Waals surface area (Å²) in [6.07, 6.45) is 6.15. The molecular weight excluding hydrogens is 224 g/mol. The van der Waals surface area contributed by atoms with Crippen LogP contribution >= 0.6 is 0 Å². The van der Waals surface area contributed by atoms with E-state index in [2.05, 4.69) is 12.1 Å². The molecule has 0 aliphatic heterocycles. The first-order valence-electron chi connectivity index (χ1n) is 7.04. The lowest BCUT2D eigenvalue weighted by molar-refractivity contribution is 0.0740. The first kappa shape index (κ1) is 13.3. The van der Waals surface area contributed by atoms with Gasteiger partial charge in [0.15, 0.2) is 5.78 Å². The van der Waals surface area contributed by atoms with Gasteiger partial charge in [0.25, 0.3) is 0 Å². The number of ketones is 1. The Hall–Kier alpha value is -1.15. The van der Waals surface area contributed by atoms with Gasteiger partial charge in [-0.25, -0.2) is 0 Å². The molecule has 1 unspecified atom stereocenters. The van der Waals surface area contributed by atoms with Crippen molar-refractivity contribution in [2.45, 2.75) is 57.5 Å². The highest BCUT2D eigenvalue weighted by atomic mass is 16.3. The maximum atomic E-state index is 11.8. The monoisotopic (exact) mass is 246 g/mol. The molecule has 0 amide bonds. The van der Waals surface area contributed by atoms with E-state index >= 15 is 0 Å². The molecule has 1 atom stereocenters. The van der Waals surface area contributed by atoms with E-state index < -0.39 is 6.10 Å². The first-order chi connectivity index (χ1) is 8.72. The third kappa shape index (κ3) is 2.99. The van der Waals surface area contributed by atoms with E-state index in [4.69, 9.17) is 0 Å². The molecule has 1 aromatic rings. The number of hydrogen-bond donors (Lipinski definition) is 1. The van der Waals surface area contributed by atoms with E-state index in [1.165, 1.54) is 37.7 Å². The summed E-state index contributed by atoms with van der Waals surface area (Å²) < 4.78 is 0. The molecule has 18 heavy (non-hydrogen) atoms. The summed E-state index contributed by atoms with van der Waals surface area (Å²) in [4.78, 5) is 11.8. The Morgan fingerprint density at radius 1 is 1.22 bits per heavy atom. The minimum atomic E-state index is -0.856. The summed E-state index contributed by atoms with van der Waals surface area (Å²) in [5.41, 5.74) is 1.97. The van der Waals surface area contributed by atoms with Crippen LogP contribution in [0.5, 0.6) is 0 Å². The fourth-order valence-electron chi connectivity index (χ4n) is 2.73. The van der Waals surface area contributed by atoms with E-state index in [9.17, 15) is 9.90 Å². The number of benzene rings is 1. The zero-order valence-corrected chi connectivity index (χ0v) is 11.1. The minimum Gasteiger partial charge on any atom is -0.385 e. The molecule has 0 bridgehead atoms. The lowest BCUT2D eigenvalue weighted by Crippen LogP contribution is -2.19. The zero-order valence-electron chi connectivity index (χ0n) is 11.1. The van der Waals surface area contributed by atoms with Crippen LogP contribution in [0.1, 0.15) is 67.3 Å². The van der Waals surface area contributed by atoms with Crippen LogP contribution < -0.4 is 0 Å². The zero-order chi connectivity index (χ0) is 13.0. The second kappa shape index (κ2) is 6.14. The van der Waals surface area contributed by atoms with Crippen LogP contribution in [0, 0.1) is 0 Å². The fourth-order valence-corrected chi connectivity index (χ4v) is 2.73. The number of aliphatic hydroxyl groups is 1. The molecule has 2 heteroatoms. The molecule has 0 heterocycles. The normalized spacial score (nSPS) is 18.6. The van der Waals surface area contributed by atoms with Gasteiger partial charge < -0.3 is 5.11 Å². The Labute approximate surface area is 109 Å². The van der Waals surface area contributed by atoms with Crippen molar-refractivity contribution in [2.24, 2.45) is 0 Å². The summed E-state index contributed by atoms with van der Waals surface area (Å²) in [6.45, 7) is 1.82.